The molecular weight excluding hydrogens is 742 g/mol. The van der Waals surface area contributed by atoms with Crippen LogP contribution in [0.5, 0.6) is 0 Å². The molecule has 0 bridgehead atoms. The molecule has 57 heavy (non-hydrogen) atoms. The Morgan fingerprint density at radius 1 is 0.754 bits per heavy atom. The molecule has 2 saturated heterocycles. The van der Waals surface area contributed by atoms with E-state index in [0.717, 1.165) is 13.1 Å². The van der Waals surface area contributed by atoms with Crippen molar-refractivity contribution in [3.63, 3.8) is 0 Å². The Morgan fingerprint density at radius 2 is 1.33 bits per heavy atom. The number of ether oxygens (including phenoxy) is 4. The van der Waals surface area contributed by atoms with Crippen molar-refractivity contribution in [3.8, 4) is 0 Å². The van der Waals surface area contributed by atoms with E-state index in [9.17, 15) is 24.0 Å². The lowest BCUT2D eigenvalue weighted by atomic mass is 10.1. The average Bonchev–Trinajstić information content (AvgIpc) is 3.12. The smallest absolute Gasteiger partial charge is 0.407 e. The number of carboxylic acid groups (broad SMARTS) is 1. The van der Waals surface area contributed by atoms with Crippen molar-refractivity contribution in [3.05, 3.63) is 35.9 Å². The molecule has 0 radical (unpaired) electrons. The second-order valence-corrected chi connectivity index (χ2v) is 16.5. The Balaban J connectivity index is 1.22. The summed E-state index contributed by atoms with van der Waals surface area (Å²) in [5.74, 6) is -1.45. The maximum absolute atomic E-state index is 13.4. The zero-order chi connectivity index (χ0) is 42.0. The summed E-state index contributed by atoms with van der Waals surface area (Å²) in [6, 6.07) is -0.894. The van der Waals surface area contributed by atoms with Gasteiger partial charge in [-0.25, -0.2) is 34.3 Å². The molecule has 1 atom stereocenters. The van der Waals surface area contributed by atoms with Gasteiger partial charge >= 0.3 is 24.0 Å². The highest BCUT2D eigenvalue weighted by atomic mass is 16.6. The van der Waals surface area contributed by atoms with Gasteiger partial charge in [0.05, 0.1) is 38.2 Å². The van der Waals surface area contributed by atoms with Crippen LogP contribution in [0.3, 0.4) is 0 Å². The van der Waals surface area contributed by atoms with Crippen molar-refractivity contribution >= 4 is 41.8 Å². The molecule has 0 aromatic carbocycles. The molecule has 2 aliphatic heterocycles. The van der Waals surface area contributed by atoms with E-state index in [1.807, 2.05) is 9.80 Å². The minimum atomic E-state index is -1.09. The number of esters is 2. The van der Waals surface area contributed by atoms with Crippen LogP contribution in [0.4, 0.5) is 16.7 Å². The number of carbonyl (C=O) groups excluding carboxylic acids is 4. The number of aromatic nitrogens is 4. The molecule has 0 unspecified atom stereocenters. The normalized spacial score (nSPS) is 16.8. The van der Waals surface area contributed by atoms with Gasteiger partial charge in [-0.15, -0.1) is 0 Å². The predicted molar refractivity (Wildman–Crippen MR) is 207 cm³/mol. The summed E-state index contributed by atoms with van der Waals surface area (Å²) in [5.41, 5.74) is -1.87. The molecule has 2 fully saturated rings. The van der Waals surface area contributed by atoms with Gasteiger partial charge in [-0.3, -0.25) is 14.5 Å². The molecule has 0 saturated carbocycles. The average molecular weight is 800 g/mol. The van der Waals surface area contributed by atoms with Crippen LogP contribution in [-0.2, 0) is 39.9 Å². The van der Waals surface area contributed by atoms with Crippen LogP contribution >= 0.6 is 0 Å². The lowest BCUT2D eigenvalue weighted by Crippen LogP contribution is -2.59. The minimum absolute atomic E-state index is 0.0428. The van der Waals surface area contributed by atoms with E-state index in [4.69, 9.17) is 24.1 Å². The van der Waals surface area contributed by atoms with Crippen LogP contribution in [0.15, 0.2) is 24.8 Å². The van der Waals surface area contributed by atoms with Crippen LogP contribution in [-0.4, -0.2) is 153 Å². The molecule has 0 spiro atoms. The van der Waals surface area contributed by atoms with Crippen molar-refractivity contribution in [2.75, 3.05) is 75.4 Å². The number of piperazine rings is 2. The first-order chi connectivity index (χ1) is 26.7. The molecule has 19 heteroatoms. The Morgan fingerprint density at radius 3 is 1.93 bits per heavy atom. The number of hydrogen-bond donors (Lipinski definition) is 2. The summed E-state index contributed by atoms with van der Waals surface area (Å²) in [4.78, 5) is 87.5. The quantitative estimate of drug-likeness (QED) is 0.150. The van der Waals surface area contributed by atoms with Gasteiger partial charge in [0, 0.05) is 82.7 Å². The van der Waals surface area contributed by atoms with Gasteiger partial charge in [0.15, 0.2) is 0 Å². The summed E-state index contributed by atoms with van der Waals surface area (Å²) in [6.45, 7) is 18.8. The van der Waals surface area contributed by atoms with E-state index < -0.39 is 46.8 Å². The van der Waals surface area contributed by atoms with Crippen LogP contribution in [0.2, 0.25) is 0 Å². The monoisotopic (exact) mass is 799 g/mol. The fourth-order valence-corrected chi connectivity index (χ4v) is 6.02. The molecule has 0 aliphatic carbocycles. The Labute approximate surface area is 333 Å². The van der Waals surface area contributed by atoms with E-state index in [1.54, 1.807) is 67.8 Å². The maximum Gasteiger partial charge on any atom is 0.407 e. The number of alkyl carbamates (subject to hydrolysis) is 1. The lowest BCUT2D eigenvalue weighted by molar-refractivity contribution is -0.165. The SMILES string of the molecule is CC(C)(C)OC(=O)CC(C)(C)OC(=O)NCc1cnc(N2CCN(C(=O)CCOCCN3CCN(c4ncc(C(=O)O)cn4)CC3)[C@@H](C(=O)OC(C)(C)C)C2)nc1. The minimum Gasteiger partial charge on any atom is -0.478 e. The highest BCUT2D eigenvalue weighted by Crippen LogP contribution is 2.21. The summed E-state index contributed by atoms with van der Waals surface area (Å²) >= 11 is 0. The lowest BCUT2D eigenvalue weighted by Gasteiger charge is -2.41. The van der Waals surface area contributed by atoms with Crippen LogP contribution in [0, 0.1) is 0 Å². The zero-order valence-corrected chi connectivity index (χ0v) is 34.3. The highest BCUT2D eigenvalue weighted by molar-refractivity contribution is 5.87. The Bertz CT molecular complexity index is 1690. The van der Waals surface area contributed by atoms with Crippen molar-refractivity contribution in [2.24, 2.45) is 0 Å². The van der Waals surface area contributed by atoms with E-state index in [0.29, 0.717) is 50.2 Å². The molecule has 2 aromatic rings. The van der Waals surface area contributed by atoms with Gasteiger partial charge in [0.1, 0.15) is 22.8 Å². The van der Waals surface area contributed by atoms with Crippen molar-refractivity contribution in [2.45, 2.75) is 97.6 Å². The molecule has 2 aliphatic rings. The van der Waals surface area contributed by atoms with Crippen LogP contribution in [0.1, 0.15) is 84.2 Å². The third-order valence-corrected chi connectivity index (χ3v) is 8.70. The first-order valence-corrected chi connectivity index (χ1v) is 19.1. The molecule has 19 nitrogen and oxygen atoms in total. The van der Waals surface area contributed by atoms with Gasteiger partial charge in [0.2, 0.25) is 17.8 Å². The van der Waals surface area contributed by atoms with E-state index >= 15 is 0 Å². The van der Waals surface area contributed by atoms with Gasteiger partial charge in [-0.05, 0) is 55.4 Å². The largest absolute Gasteiger partial charge is 0.478 e. The van der Waals surface area contributed by atoms with Crippen molar-refractivity contribution < 1.29 is 48.0 Å². The van der Waals surface area contributed by atoms with Gasteiger partial charge in [-0.1, -0.05) is 0 Å². The van der Waals surface area contributed by atoms with Gasteiger partial charge in [-0.2, -0.15) is 0 Å². The molecule has 4 heterocycles. The number of aromatic carboxylic acids is 1. The summed E-state index contributed by atoms with van der Waals surface area (Å²) in [6.07, 6.45) is 4.99. The second-order valence-electron chi connectivity index (χ2n) is 16.5. The van der Waals surface area contributed by atoms with Gasteiger partial charge in [0.25, 0.3) is 0 Å². The van der Waals surface area contributed by atoms with Gasteiger partial charge < -0.3 is 44.1 Å². The first-order valence-electron chi connectivity index (χ1n) is 19.1. The standard InChI is InChI=1S/C38H57N9O10/c1-36(2,3)55-30(49)19-38(7,8)57-35(53)43-22-26-20-39-34(40-21-26)46-14-15-47(28(25-46)32(52)56-37(4,5)6)29(48)9-17-54-18-16-44-10-12-45(13-11-44)33-41-23-27(24-42-33)31(50)51/h20-21,23-24,28H,9-19,22,25H2,1-8H3,(H,43,53)(H,50,51)/t28-/m1/s1. The van der Waals surface area contributed by atoms with Crippen molar-refractivity contribution in [1.29, 1.82) is 0 Å². The number of carboxylic acids is 1. The molecule has 2 amide bonds. The zero-order valence-electron chi connectivity index (χ0n) is 34.3. The molecule has 314 valence electrons. The number of amides is 2. The Hall–Kier alpha value is -5.17. The Kier molecular flexibility index (Phi) is 15.1. The third kappa shape index (κ3) is 14.7. The first kappa shape index (κ1) is 44.5. The molecule has 2 N–H and O–H groups in total. The topological polar surface area (TPSA) is 219 Å². The van der Waals surface area contributed by atoms with E-state index in [2.05, 4.69) is 30.2 Å². The summed E-state index contributed by atoms with van der Waals surface area (Å²) in [7, 11) is 0. The molecule has 4 rings (SSSR count). The van der Waals surface area contributed by atoms with Crippen LogP contribution < -0.4 is 15.1 Å². The second kappa shape index (κ2) is 19.3. The van der Waals surface area contributed by atoms with E-state index in [1.165, 1.54) is 17.3 Å². The number of nitrogens with one attached hydrogen (secondary N) is 1. The highest BCUT2D eigenvalue weighted by Gasteiger charge is 2.38. The molecule has 2 aromatic heterocycles. The predicted octanol–water partition coefficient (Wildman–Crippen LogP) is 2.29. The molecular formula is C38H57N9O10. The fraction of sp³-hybridized carbons (Fsp3) is 0.658. The number of carbonyl (C=O) groups is 5. The number of rotatable bonds is 15. The fourth-order valence-electron chi connectivity index (χ4n) is 6.02. The number of hydrogen-bond acceptors (Lipinski definition) is 16. The summed E-state index contributed by atoms with van der Waals surface area (Å²) < 4.78 is 22.3. The van der Waals surface area contributed by atoms with Crippen LogP contribution in [0.25, 0.3) is 0 Å². The van der Waals surface area contributed by atoms with Crippen molar-refractivity contribution in [1.82, 2.24) is 35.1 Å². The maximum atomic E-state index is 13.4. The third-order valence-electron chi connectivity index (χ3n) is 8.70. The van der Waals surface area contributed by atoms with E-state index in [-0.39, 0.29) is 50.6 Å². The summed E-state index contributed by atoms with van der Waals surface area (Å²) in [5, 5.41) is 11.7. The number of nitrogens with zero attached hydrogens (tertiary/aromatic N) is 8. The number of anilines is 2.